The predicted octanol–water partition coefficient (Wildman–Crippen LogP) is 7.21. The van der Waals surface area contributed by atoms with Crippen LogP contribution < -0.4 is 10.6 Å². The number of carbonyl (C=O) groups is 1. The molecule has 0 radical (unpaired) electrons. The summed E-state index contributed by atoms with van der Waals surface area (Å²) in [5.41, 5.74) is 6.28. The van der Waals surface area contributed by atoms with Crippen LogP contribution >= 0.6 is 0 Å². The summed E-state index contributed by atoms with van der Waals surface area (Å²) in [6.45, 7) is 8.13. The van der Waals surface area contributed by atoms with Gasteiger partial charge in [-0.1, -0.05) is 91.5 Å². The Hall–Kier alpha value is -3.33. The van der Waals surface area contributed by atoms with Crippen molar-refractivity contribution >= 4 is 11.6 Å². The molecule has 0 heterocycles. The molecule has 1 amide bonds. The molecule has 1 saturated carbocycles. The van der Waals surface area contributed by atoms with Gasteiger partial charge in [-0.15, -0.1) is 0 Å². The van der Waals surface area contributed by atoms with E-state index < -0.39 is 0 Å². The minimum atomic E-state index is 0.100. The van der Waals surface area contributed by atoms with Gasteiger partial charge in [0.2, 0.25) is 5.91 Å². The fraction of sp³-hybridized carbons (Fsp3) is 0.382. The molecule has 0 bridgehead atoms. The first-order valence-electron chi connectivity index (χ1n) is 13.9. The van der Waals surface area contributed by atoms with E-state index in [1.165, 1.54) is 22.3 Å². The summed E-state index contributed by atoms with van der Waals surface area (Å²) in [5, 5.41) is 6.82. The summed E-state index contributed by atoms with van der Waals surface area (Å²) in [6.07, 6.45) is 8.21. The van der Waals surface area contributed by atoms with Crippen molar-refractivity contribution in [3.05, 3.63) is 114 Å². The maximum atomic E-state index is 12.5. The fourth-order valence-electron chi connectivity index (χ4n) is 5.75. The highest BCUT2D eigenvalue weighted by Gasteiger charge is 2.36. The Morgan fingerprint density at radius 3 is 2.24 bits per heavy atom. The largest absolute Gasteiger partial charge is 0.384 e. The number of nitrogens with one attached hydrogen (secondary N) is 2. The molecule has 37 heavy (non-hydrogen) atoms. The van der Waals surface area contributed by atoms with Crippen LogP contribution in [0.5, 0.6) is 0 Å². The van der Waals surface area contributed by atoms with Crippen molar-refractivity contribution in [2.24, 2.45) is 5.92 Å². The van der Waals surface area contributed by atoms with Crippen molar-refractivity contribution < 1.29 is 4.79 Å². The molecule has 3 heteroatoms. The molecular weight excluding hydrogens is 452 g/mol. The summed E-state index contributed by atoms with van der Waals surface area (Å²) < 4.78 is 0. The van der Waals surface area contributed by atoms with Gasteiger partial charge < -0.3 is 10.6 Å². The van der Waals surface area contributed by atoms with Crippen molar-refractivity contribution in [3.63, 3.8) is 0 Å². The molecule has 3 nitrogen and oxygen atoms in total. The summed E-state index contributed by atoms with van der Waals surface area (Å²) >= 11 is 0. The zero-order valence-corrected chi connectivity index (χ0v) is 22.3. The zero-order chi connectivity index (χ0) is 25.9. The van der Waals surface area contributed by atoms with Gasteiger partial charge in [0.25, 0.3) is 0 Å². The summed E-state index contributed by atoms with van der Waals surface area (Å²) in [7, 11) is 0. The van der Waals surface area contributed by atoms with Gasteiger partial charge in [0.15, 0.2) is 0 Å². The van der Waals surface area contributed by atoms with E-state index in [4.69, 9.17) is 0 Å². The SMILES string of the molecule is C=C(NCC1(c2ccccc2)CCC(CCC(=O)NCCCc2ccccc2)CC1)c1ccccc1C. The maximum Gasteiger partial charge on any atom is 0.220 e. The Bertz CT molecular complexity index is 1130. The lowest BCUT2D eigenvalue weighted by molar-refractivity contribution is -0.121. The van der Waals surface area contributed by atoms with Crippen LogP contribution in [0.1, 0.15) is 67.2 Å². The molecule has 1 aliphatic rings. The average Bonchev–Trinajstić information content (AvgIpc) is 2.95. The topological polar surface area (TPSA) is 41.1 Å². The molecule has 2 N–H and O–H groups in total. The van der Waals surface area contributed by atoms with E-state index in [1.807, 2.05) is 6.07 Å². The molecular formula is C34H42N2O. The van der Waals surface area contributed by atoms with E-state index in [0.717, 1.165) is 63.7 Å². The number of carbonyl (C=O) groups excluding carboxylic acids is 1. The summed E-state index contributed by atoms with van der Waals surface area (Å²) in [4.78, 5) is 12.5. The van der Waals surface area contributed by atoms with Crippen LogP contribution in [0.3, 0.4) is 0 Å². The van der Waals surface area contributed by atoms with E-state index in [9.17, 15) is 4.79 Å². The smallest absolute Gasteiger partial charge is 0.220 e. The molecule has 0 unspecified atom stereocenters. The Morgan fingerprint density at radius 2 is 1.54 bits per heavy atom. The molecule has 4 rings (SSSR count). The van der Waals surface area contributed by atoms with Crippen molar-refractivity contribution in [2.75, 3.05) is 13.1 Å². The molecule has 0 spiro atoms. The third kappa shape index (κ3) is 7.58. The Kier molecular flexibility index (Phi) is 9.59. The number of hydrogen-bond donors (Lipinski definition) is 2. The van der Waals surface area contributed by atoms with Gasteiger partial charge in [0.1, 0.15) is 0 Å². The third-order valence-electron chi connectivity index (χ3n) is 8.15. The highest BCUT2D eigenvalue weighted by molar-refractivity contribution is 5.75. The average molecular weight is 495 g/mol. The zero-order valence-electron chi connectivity index (χ0n) is 22.3. The Morgan fingerprint density at radius 1 is 0.892 bits per heavy atom. The molecule has 0 atom stereocenters. The molecule has 0 saturated heterocycles. The first-order valence-corrected chi connectivity index (χ1v) is 13.9. The highest BCUT2D eigenvalue weighted by atomic mass is 16.1. The minimum Gasteiger partial charge on any atom is -0.384 e. The molecule has 1 aliphatic carbocycles. The quantitative estimate of drug-likeness (QED) is 0.261. The van der Waals surface area contributed by atoms with Crippen molar-refractivity contribution in [2.45, 2.75) is 63.7 Å². The highest BCUT2D eigenvalue weighted by Crippen LogP contribution is 2.42. The Labute approximate surface area is 223 Å². The molecule has 0 aliphatic heterocycles. The second-order valence-electron chi connectivity index (χ2n) is 10.7. The summed E-state index contributed by atoms with van der Waals surface area (Å²) in [5.74, 6) is 0.815. The number of aryl methyl sites for hydroxylation is 2. The molecule has 3 aromatic carbocycles. The van der Waals surface area contributed by atoms with E-state index in [0.29, 0.717) is 12.3 Å². The molecule has 3 aromatic rings. The van der Waals surface area contributed by atoms with Crippen LogP contribution in [0.15, 0.2) is 91.5 Å². The van der Waals surface area contributed by atoms with Gasteiger partial charge in [-0.25, -0.2) is 0 Å². The standard InChI is InChI=1S/C34H42N2O/c1-27-12-9-10-18-32(27)28(2)36-26-34(31-16-7-4-8-17-31)23-21-30(22-24-34)19-20-33(37)35-25-11-15-29-13-5-3-6-14-29/h3-10,12-14,16-18,30,36H,2,11,15,19-26H2,1H3,(H,35,37). The van der Waals surface area contributed by atoms with Gasteiger partial charge in [-0.3, -0.25) is 4.79 Å². The van der Waals surface area contributed by atoms with Crippen LogP contribution in [0.2, 0.25) is 0 Å². The molecule has 1 fully saturated rings. The number of hydrogen-bond acceptors (Lipinski definition) is 2. The van der Waals surface area contributed by atoms with Crippen LogP contribution in [0.25, 0.3) is 5.70 Å². The van der Waals surface area contributed by atoms with Crippen molar-refractivity contribution in [3.8, 4) is 0 Å². The minimum absolute atomic E-state index is 0.100. The first-order chi connectivity index (χ1) is 18.1. The predicted molar refractivity (Wildman–Crippen MR) is 155 cm³/mol. The van der Waals surface area contributed by atoms with Crippen LogP contribution in [0, 0.1) is 12.8 Å². The van der Waals surface area contributed by atoms with Crippen molar-refractivity contribution in [1.82, 2.24) is 10.6 Å². The van der Waals surface area contributed by atoms with E-state index in [1.54, 1.807) is 0 Å². The van der Waals surface area contributed by atoms with E-state index >= 15 is 0 Å². The normalized spacial score (nSPS) is 19.2. The molecule has 194 valence electrons. The van der Waals surface area contributed by atoms with Crippen LogP contribution in [-0.4, -0.2) is 19.0 Å². The fourth-order valence-corrected chi connectivity index (χ4v) is 5.75. The maximum absolute atomic E-state index is 12.5. The van der Waals surface area contributed by atoms with Gasteiger partial charge in [0.05, 0.1) is 0 Å². The second kappa shape index (κ2) is 13.3. The van der Waals surface area contributed by atoms with Gasteiger partial charge in [-0.05, 0) is 80.0 Å². The molecule has 0 aromatic heterocycles. The van der Waals surface area contributed by atoms with Crippen LogP contribution in [0.4, 0.5) is 0 Å². The van der Waals surface area contributed by atoms with Gasteiger partial charge in [-0.2, -0.15) is 0 Å². The Balaban J connectivity index is 1.25. The second-order valence-corrected chi connectivity index (χ2v) is 10.7. The number of amides is 1. The number of rotatable bonds is 12. The lowest BCUT2D eigenvalue weighted by atomic mass is 9.66. The van der Waals surface area contributed by atoms with Gasteiger partial charge in [0, 0.05) is 30.6 Å². The summed E-state index contributed by atoms with van der Waals surface area (Å²) in [6, 6.07) is 29.9. The monoisotopic (exact) mass is 494 g/mol. The third-order valence-corrected chi connectivity index (χ3v) is 8.15. The van der Waals surface area contributed by atoms with E-state index in [2.05, 4.69) is 103 Å². The van der Waals surface area contributed by atoms with E-state index in [-0.39, 0.29) is 11.3 Å². The first kappa shape index (κ1) is 26.7. The van der Waals surface area contributed by atoms with Crippen LogP contribution in [-0.2, 0) is 16.6 Å². The lowest BCUT2D eigenvalue weighted by Crippen LogP contribution is -2.41. The van der Waals surface area contributed by atoms with Gasteiger partial charge >= 0.3 is 0 Å². The lowest BCUT2D eigenvalue weighted by Gasteiger charge is -2.41. The van der Waals surface area contributed by atoms with Crippen molar-refractivity contribution in [1.29, 1.82) is 0 Å². The number of benzene rings is 3.